The van der Waals surface area contributed by atoms with Gasteiger partial charge in [-0.15, -0.1) is 0 Å². The number of nitrogens with zero attached hydrogens (tertiary/aromatic N) is 1. The first-order valence-corrected chi connectivity index (χ1v) is 6.53. The molecule has 3 nitrogen and oxygen atoms in total. The molecule has 0 radical (unpaired) electrons. The Bertz CT molecular complexity index is 294. The lowest BCUT2D eigenvalue weighted by Crippen LogP contribution is -2.53. The average molecular weight is 243 g/mol. The molecule has 0 bridgehead atoms. The quantitative estimate of drug-likeness (QED) is 0.663. The van der Waals surface area contributed by atoms with Gasteiger partial charge in [-0.2, -0.15) is 12.6 Å². The smallest absolute Gasteiger partial charge is 0.410 e. The number of rotatable bonds is 0. The van der Waals surface area contributed by atoms with E-state index in [0.717, 1.165) is 25.8 Å². The highest BCUT2D eigenvalue weighted by Gasteiger charge is 2.51. The Labute approximate surface area is 103 Å². The van der Waals surface area contributed by atoms with Crippen LogP contribution in [0.5, 0.6) is 0 Å². The Balaban J connectivity index is 2.05. The number of thiol groups is 1. The number of carbonyl (C=O) groups is 1. The van der Waals surface area contributed by atoms with Crippen molar-refractivity contribution in [3.8, 4) is 0 Å². The summed E-state index contributed by atoms with van der Waals surface area (Å²) in [6.07, 6.45) is 4.31. The number of amides is 1. The standard InChI is InChI=1S/C12H21NO2S/c1-11(2,3)15-10(14)13-8-9(16)7-12(13)5-4-6-12/h9,16H,4-8H2,1-3H3. The number of ether oxygens (including phenoxy) is 1. The minimum atomic E-state index is -0.406. The molecule has 1 saturated heterocycles. The average Bonchev–Trinajstić information content (AvgIpc) is 2.39. The molecule has 2 aliphatic rings. The van der Waals surface area contributed by atoms with Gasteiger partial charge in [0, 0.05) is 17.3 Å². The second-order valence-corrected chi connectivity index (χ2v) is 6.76. The Morgan fingerprint density at radius 2 is 2.06 bits per heavy atom. The van der Waals surface area contributed by atoms with E-state index >= 15 is 0 Å². The molecule has 1 atom stereocenters. The van der Waals surface area contributed by atoms with Gasteiger partial charge < -0.3 is 9.64 Å². The van der Waals surface area contributed by atoms with Gasteiger partial charge in [0.25, 0.3) is 0 Å². The molecule has 2 rings (SSSR count). The van der Waals surface area contributed by atoms with Gasteiger partial charge in [-0.05, 0) is 46.5 Å². The summed E-state index contributed by atoms with van der Waals surface area (Å²) in [6, 6.07) is 0. The minimum absolute atomic E-state index is 0.0781. The van der Waals surface area contributed by atoms with Crippen molar-refractivity contribution in [1.82, 2.24) is 4.90 Å². The van der Waals surface area contributed by atoms with E-state index in [1.165, 1.54) is 6.42 Å². The predicted octanol–water partition coefficient (Wildman–Crippen LogP) is 2.85. The molecule has 1 spiro atoms. The monoisotopic (exact) mass is 243 g/mol. The van der Waals surface area contributed by atoms with Gasteiger partial charge in [-0.1, -0.05) is 0 Å². The fraction of sp³-hybridized carbons (Fsp3) is 0.917. The van der Waals surface area contributed by atoms with Gasteiger partial charge in [-0.3, -0.25) is 0 Å². The van der Waals surface area contributed by atoms with Crippen LogP contribution in [0.4, 0.5) is 4.79 Å². The number of hydrogen-bond acceptors (Lipinski definition) is 3. The van der Waals surface area contributed by atoms with E-state index in [-0.39, 0.29) is 11.6 Å². The summed E-state index contributed by atoms with van der Waals surface area (Å²) in [5.41, 5.74) is -0.328. The topological polar surface area (TPSA) is 29.5 Å². The lowest BCUT2D eigenvalue weighted by Gasteiger charge is -2.45. The molecule has 16 heavy (non-hydrogen) atoms. The van der Waals surface area contributed by atoms with E-state index in [9.17, 15) is 4.79 Å². The summed E-state index contributed by atoms with van der Waals surface area (Å²) in [5, 5.41) is 0.313. The van der Waals surface area contributed by atoms with Gasteiger partial charge in [0.1, 0.15) is 5.60 Å². The SMILES string of the molecule is CC(C)(C)OC(=O)N1CC(S)CC12CCC2. The second-order valence-electron chi connectivity index (χ2n) is 6.03. The molecule has 0 N–H and O–H groups in total. The van der Waals surface area contributed by atoms with Crippen LogP contribution in [0.25, 0.3) is 0 Å². The second kappa shape index (κ2) is 3.83. The molecule has 1 heterocycles. The van der Waals surface area contributed by atoms with Crippen LogP contribution < -0.4 is 0 Å². The van der Waals surface area contributed by atoms with Crippen LogP contribution in [0.15, 0.2) is 0 Å². The Hall–Kier alpha value is -0.380. The maximum Gasteiger partial charge on any atom is 0.410 e. The predicted molar refractivity (Wildman–Crippen MR) is 66.9 cm³/mol. The first-order chi connectivity index (χ1) is 7.32. The first-order valence-electron chi connectivity index (χ1n) is 6.01. The van der Waals surface area contributed by atoms with Gasteiger partial charge in [-0.25, -0.2) is 4.79 Å². The van der Waals surface area contributed by atoms with E-state index in [2.05, 4.69) is 12.6 Å². The van der Waals surface area contributed by atoms with E-state index in [4.69, 9.17) is 4.74 Å². The summed E-state index contributed by atoms with van der Waals surface area (Å²) >= 11 is 4.51. The van der Waals surface area contributed by atoms with Crippen molar-refractivity contribution in [2.24, 2.45) is 0 Å². The fourth-order valence-electron chi connectivity index (χ4n) is 2.66. The molecule has 1 aliphatic heterocycles. The summed E-state index contributed by atoms with van der Waals surface area (Å²) in [5.74, 6) is 0. The van der Waals surface area contributed by atoms with Gasteiger partial charge in [0.2, 0.25) is 0 Å². The largest absolute Gasteiger partial charge is 0.444 e. The van der Waals surface area contributed by atoms with Crippen molar-refractivity contribution < 1.29 is 9.53 Å². The molecule has 0 aromatic rings. The molecular weight excluding hydrogens is 222 g/mol. The highest BCUT2D eigenvalue weighted by atomic mass is 32.1. The van der Waals surface area contributed by atoms with Gasteiger partial charge in [0.15, 0.2) is 0 Å². The Morgan fingerprint density at radius 3 is 2.50 bits per heavy atom. The maximum atomic E-state index is 12.1. The Kier molecular flexibility index (Phi) is 2.89. The van der Waals surface area contributed by atoms with Crippen molar-refractivity contribution in [3.05, 3.63) is 0 Å². The lowest BCUT2D eigenvalue weighted by molar-refractivity contribution is -0.00977. The molecule has 0 aromatic carbocycles. The molecule has 92 valence electrons. The van der Waals surface area contributed by atoms with Crippen molar-refractivity contribution in [2.75, 3.05) is 6.54 Å². The van der Waals surface area contributed by atoms with Crippen LogP contribution in [0.1, 0.15) is 46.5 Å². The molecule has 1 aliphatic carbocycles. The summed E-state index contributed by atoms with van der Waals surface area (Å²) in [7, 11) is 0. The number of hydrogen-bond donors (Lipinski definition) is 1. The van der Waals surface area contributed by atoms with Crippen LogP contribution in [-0.4, -0.2) is 33.9 Å². The first kappa shape index (κ1) is 12.1. The molecule has 1 saturated carbocycles. The van der Waals surface area contributed by atoms with Crippen molar-refractivity contribution >= 4 is 18.7 Å². The summed E-state index contributed by atoms with van der Waals surface area (Å²) in [4.78, 5) is 14.0. The normalized spacial score (nSPS) is 28.0. The maximum absolute atomic E-state index is 12.1. The fourth-order valence-corrected chi connectivity index (χ4v) is 3.17. The summed E-state index contributed by atoms with van der Waals surface area (Å²) in [6.45, 7) is 6.46. The third-order valence-electron chi connectivity index (χ3n) is 3.48. The third-order valence-corrected chi connectivity index (χ3v) is 3.83. The highest BCUT2D eigenvalue weighted by molar-refractivity contribution is 7.81. The lowest BCUT2D eigenvalue weighted by atomic mass is 9.75. The molecule has 2 fully saturated rings. The number of likely N-dealkylation sites (tertiary alicyclic amines) is 1. The van der Waals surface area contributed by atoms with Crippen LogP contribution in [0.2, 0.25) is 0 Å². The van der Waals surface area contributed by atoms with E-state index < -0.39 is 5.60 Å². The van der Waals surface area contributed by atoms with Crippen LogP contribution in [-0.2, 0) is 4.74 Å². The molecule has 1 amide bonds. The van der Waals surface area contributed by atoms with Crippen molar-refractivity contribution in [2.45, 2.75) is 62.8 Å². The van der Waals surface area contributed by atoms with Crippen molar-refractivity contribution in [3.63, 3.8) is 0 Å². The number of carbonyl (C=O) groups excluding carboxylic acids is 1. The zero-order valence-corrected chi connectivity index (χ0v) is 11.2. The molecular formula is C12H21NO2S. The van der Waals surface area contributed by atoms with Crippen molar-refractivity contribution in [1.29, 1.82) is 0 Å². The molecule has 1 unspecified atom stereocenters. The molecule has 4 heteroatoms. The van der Waals surface area contributed by atoms with E-state index in [0.29, 0.717) is 5.25 Å². The zero-order valence-electron chi connectivity index (χ0n) is 10.3. The summed E-state index contributed by atoms with van der Waals surface area (Å²) < 4.78 is 5.45. The van der Waals surface area contributed by atoms with E-state index in [1.54, 1.807) is 0 Å². The Morgan fingerprint density at radius 1 is 1.44 bits per heavy atom. The van der Waals surface area contributed by atoms with Gasteiger partial charge >= 0.3 is 6.09 Å². The highest BCUT2D eigenvalue weighted by Crippen LogP contribution is 2.47. The third kappa shape index (κ3) is 2.17. The molecule has 0 aromatic heterocycles. The van der Waals surface area contributed by atoms with Crippen LogP contribution in [0, 0.1) is 0 Å². The van der Waals surface area contributed by atoms with E-state index in [1.807, 2.05) is 25.7 Å². The van der Waals surface area contributed by atoms with Crippen LogP contribution in [0.3, 0.4) is 0 Å². The zero-order chi connectivity index (χ0) is 12.0. The minimum Gasteiger partial charge on any atom is -0.444 e. The van der Waals surface area contributed by atoms with Crippen LogP contribution >= 0.6 is 12.6 Å². The van der Waals surface area contributed by atoms with Gasteiger partial charge in [0.05, 0.1) is 0 Å².